The number of benzene rings is 1. The van der Waals surface area contributed by atoms with Gasteiger partial charge in [-0.05, 0) is 36.8 Å². The summed E-state index contributed by atoms with van der Waals surface area (Å²) >= 11 is 4.60. The summed E-state index contributed by atoms with van der Waals surface area (Å²) in [6.07, 6.45) is 1.53. The lowest BCUT2D eigenvalue weighted by molar-refractivity contribution is -0.113. The number of aryl methyl sites for hydroxylation is 1. The largest absolute Gasteiger partial charge is 0.459 e. The SMILES string of the molecule is Cc1ccc(NC(=O)CSc2nnc(-c3ccco3)o2)cc1Br. The van der Waals surface area contributed by atoms with Crippen molar-refractivity contribution in [3.05, 3.63) is 46.6 Å². The highest BCUT2D eigenvalue weighted by Crippen LogP contribution is 2.24. The summed E-state index contributed by atoms with van der Waals surface area (Å²) in [4.78, 5) is 12.0. The van der Waals surface area contributed by atoms with Crippen molar-refractivity contribution < 1.29 is 13.6 Å². The number of carbonyl (C=O) groups excluding carboxylic acids is 1. The molecule has 0 aliphatic rings. The average Bonchev–Trinajstić information content (AvgIpc) is 3.19. The Balaban J connectivity index is 1.55. The summed E-state index contributed by atoms with van der Waals surface area (Å²) < 4.78 is 11.5. The van der Waals surface area contributed by atoms with Gasteiger partial charge in [-0.3, -0.25) is 4.79 Å². The van der Waals surface area contributed by atoms with Gasteiger partial charge in [0.05, 0.1) is 12.0 Å². The van der Waals surface area contributed by atoms with Crippen LogP contribution in [0.5, 0.6) is 0 Å². The maximum Gasteiger partial charge on any atom is 0.284 e. The van der Waals surface area contributed by atoms with Gasteiger partial charge in [0.2, 0.25) is 5.91 Å². The van der Waals surface area contributed by atoms with E-state index >= 15 is 0 Å². The van der Waals surface area contributed by atoms with E-state index in [4.69, 9.17) is 8.83 Å². The number of nitrogens with one attached hydrogen (secondary N) is 1. The van der Waals surface area contributed by atoms with Crippen LogP contribution in [0.25, 0.3) is 11.7 Å². The van der Waals surface area contributed by atoms with Crippen LogP contribution < -0.4 is 5.32 Å². The van der Waals surface area contributed by atoms with E-state index in [0.717, 1.165) is 15.7 Å². The maximum atomic E-state index is 12.0. The Morgan fingerprint density at radius 2 is 2.22 bits per heavy atom. The zero-order valence-electron chi connectivity index (χ0n) is 12.1. The highest BCUT2D eigenvalue weighted by Gasteiger charge is 2.13. The van der Waals surface area contributed by atoms with E-state index in [1.165, 1.54) is 18.0 Å². The molecule has 23 heavy (non-hydrogen) atoms. The molecule has 0 aliphatic carbocycles. The molecule has 118 valence electrons. The van der Waals surface area contributed by atoms with E-state index in [9.17, 15) is 4.79 Å². The highest BCUT2D eigenvalue weighted by molar-refractivity contribution is 9.10. The number of nitrogens with zero attached hydrogens (tertiary/aromatic N) is 2. The van der Waals surface area contributed by atoms with E-state index in [0.29, 0.717) is 16.9 Å². The molecule has 8 heteroatoms. The molecule has 3 aromatic rings. The first-order chi connectivity index (χ1) is 11.1. The summed E-state index contributed by atoms with van der Waals surface area (Å²) in [5.41, 5.74) is 1.84. The number of furan rings is 1. The molecule has 0 saturated heterocycles. The monoisotopic (exact) mass is 393 g/mol. The van der Waals surface area contributed by atoms with E-state index in [1.807, 2.05) is 25.1 Å². The van der Waals surface area contributed by atoms with Crippen LogP contribution in [0.4, 0.5) is 5.69 Å². The lowest BCUT2D eigenvalue weighted by Crippen LogP contribution is -2.14. The molecule has 2 heterocycles. The van der Waals surface area contributed by atoms with Gasteiger partial charge in [0, 0.05) is 10.2 Å². The molecule has 2 aromatic heterocycles. The van der Waals surface area contributed by atoms with Crippen molar-refractivity contribution >= 4 is 39.3 Å². The first kappa shape index (κ1) is 15.8. The van der Waals surface area contributed by atoms with Gasteiger partial charge >= 0.3 is 0 Å². The van der Waals surface area contributed by atoms with Crippen molar-refractivity contribution in [2.24, 2.45) is 0 Å². The van der Waals surface area contributed by atoms with E-state index < -0.39 is 0 Å². The highest BCUT2D eigenvalue weighted by atomic mass is 79.9. The van der Waals surface area contributed by atoms with Crippen molar-refractivity contribution in [1.29, 1.82) is 0 Å². The van der Waals surface area contributed by atoms with Crippen molar-refractivity contribution in [3.63, 3.8) is 0 Å². The molecule has 0 saturated carbocycles. The Morgan fingerprint density at radius 3 is 2.96 bits per heavy atom. The average molecular weight is 394 g/mol. The molecule has 0 fully saturated rings. The Morgan fingerprint density at radius 1 is 1.35 bits per heavy atom. The predicted octanol–water partition coefficient (Wildman–Crippen LogP) is 4.13. The zero-order chi connectivity index (χ0) is 16.2. The lowest BCUT2D eigenvalue weighted by Gasteiger charge is -2.06. The zero-order valence-corrected chi connectivity index (χ0v) is 14.5. The van der Waals surface area contributed by atoms with Crippen molar-refractivity contribution in [2.45, 2.75) is 12.1 Å². The van der Waals surface area contributed by atoms with Crippen LogP contribution in [0.2, 0.25) is 0 Å². The maximum absolute atomic E-state index is 12.0. The number of carbonyl (C=O) groups is 1. The van der Waals surface area contributed by atoms with Gasteiger partial charge < -0.3 is 14.2 Å². The van der Waals surface area contributed by atoms with E-state index in [1.54, 1.807) is 12.1 Å². The van der Waals surface area contributed by atoms with Crippen molar-refractivity contribution in [1.82, 2.24) is 10.2 Å². The normalized spacial score (nSPS) is 10.7. The molecule has 0 aliphatic heterocycles. The summed E-state index contributed by atoms with van der Waals surface area (Å²) in [6, 6.07) is 9.11. The Kier molecular flexibility index (Phi) is 4.82. The molecule has 1 aromatic carbocycles. The smallest absolute Gasteiger partial charge is 0.284 e. The fourth-order valence-corrected chi connectivity index (χ4v) is 2.70. The minimum atomic E-state index is -0.150. The quantitative estimate of drug-likeness (QED) is 0.656. The minimum absolute atomic E-state index is 0.150. The van der Waals surface area contributed by atoms with Crippen LogP contribution >= 0.6 is 27.7 Å². The van der Waals surface area contributed by atoms with Gasteiger partial charge in [-0.25, -0.2) is 0 Å². The molecule has 1 N–H and O–H groups in total. The van der Waals surface area contributed by atoms with E-state index in [-0.39, 0.29) is 11.7 Å². The standard InChI is InChI=1S/C15H12BrN3O3S/c1-9-4-5-10(7-11(9)16)17-13(20)8-23-15-19-18-14(22-15)12-3-2-6-21-12/h2-7H,8H2,1H3,(H,17,20). The third-order valence-electron chi connectivity index (χ3n) is 2.92. The Labute approximate surface area is 144 Å². The number of anilines is 1. The number of thioether (sulfide) groups is 1. The molecular formula is C15H12BrN3O3S. The van der Waals surface area contributed by atoms with Crippen LogP contribution in [-0.4, -0.2) is 21.9 Å². The molecule has 0 bridgehead atoms. The van der Waals surface area contributed by atoms with Crippen molar-refractivity contribution in [3.8, 4) is 11.7 Å². The van der Waals surface area contributed by atoms with Crippen LogP contribution in [0, 0.1) is 6.92 Å². The molecule has 0 atom stereocenters. The number of hydrogen-bond acceptors (Lipinski definition) is 6. The second kappa shape index (κ2) is 7.01. The first-order valence-corrected chi connectivity index (χ1v) is 8.46. The van der Waals surface area contributed by atoms with Crippen molar-refractivity contribution in [2.75, 3.05) is 11.1 Å². The van der Waals surface area contributed by atoms with Gasteiger partial charge in [0.1, 0.15) is 0 Å². The Bertz CT molecular complexity index is 817. The molecule has 0 radical (unpaired) electrons. The van der Waals surface area contributed by atoms with Gasteiger partial charge in [0.15, 0.2) is 5.76 Å². The number of aromatic nitrogens is 2. The topological polar surface area (TPSA) is 81.2 Å². The number of hydrogen-bond donors (Lipinski definition) is 1. The van der Waals surface area contributed by atoms with Gasteiger partial charge in [-0.2, -0.15) is 0 Å². The number of amides is 1. The number of halogens is 1. The van der Waals surface area contributed by atoms with Crippen LogP contribution in [0.1, 0.15) is 5.56 Å². The molecule has 0 spiro atoms. The second-order valence-corrected chi connectivity index (χ2v) is 6.43. The summed E-state index contributed by atoms with van der Waals surface area (Å²) in [6.45, 7) is 1.98. The van der Waals surface area contributed by atoms with Gasteiger partial charge in [0.25, 0.3) is 11.1 Å². The molecular weight excluding hydrogens is 382 g/mol. The minimum Gasteiger partial charge on any atom is -0.459 e. The molecule has 1 amide bonds. The van der Waals surface area contributed by atoms with Crippen LogP contribution in [0.3, 0.4) is 0 Å². The molecule has 6 nitrogen and oxygen atoms in total. The second-order valence-electron chi connectivity index (χ2n) is 4.65. The fraction of sp³-hybridized carbons (Fsp3) is 0.133. The predicted molar refractivity (Wildman–Crippen MR) is 90.2 cm³/mol. The fourth-order valence-electron chi connectivity index (χ4n) is 1.76. The third kappa shape index (κ3) is 4.02. The van der Waals surface area contributed by atoms with Gasteiger partial charge in [-0.15, -0.1) is 10.2 Å². The van der Waals surface area contributed by atoms with E-state index in [2.05, 4.69) is 31.4 Å². The summed E-state index contributed by atoms with van der Waals surface area (Å²) in [5.74, 6) is 0.813. The first-order valence-electron chi connectivity index (χ1n) is 6.68. The lowest BCUT2D eigenvalue weighted by atomic mass is 10.2. The van der Waals surface area contributed by atoms with Gasteiger partial charge in [-0.1, -0.05) is 33.8 Å². The number of rotatable bonds is 5. The third-order valence-corrected chi connectivity index (χ3v) is 4.59. The Hall–Kier alpha value is -2.06. The van der Waals surface area contributed by atoms with Crippen LogP contribution in [0.15, 0.2) is 55.1 Å². The molecule has 3 rings (SSSR count). The molecule has 0 unspecified atom stereocenters. The summed E-state index contributed by atoms with van der Waals surface area (Å²) in [7, 11) is 0. The summed E-state index contributed by atoms with van der Waals surface area (Å²) in [5, 5.41) is 10.9. The van der Waals surface area contributed by atoms with Crippen LogP contribution in [-0.2, 0) is 4.79 Å².